The van der Waals surface area contributed by atoms with E-state index in [-0.39, 0.29) is 19.2 Å². The van der Waals surface area contributed by atoms with Gasteiger partial charge in [-0.1, -0.05) is 0 Å². The van der Waals surface area contributed by atoms with Crippen LogP contribution in [0.4, 0.5) is 4.79 Å². The SMILES string of the molecule is COC(CNC(=O)N(C)CCCCCO)C(=O)O. The molecule has 0 rings (SSSR count). The Kier molecular flexibility index (Phi) is 8.95. The van der Waals surface area contributed by atoms with Crippen molar-refractivity contribution in [3.05, 3.63) is 0 Å². The quantitative estimate of drug-likeness (QED) is 0.503. The third kappa shape index (κ3) is 7.08. The van der Waals surface area contributed by atoms with Gasteiger partial charge >= 0.3 is 12.0 Å². The molecule has 0 spiro atoms. The Bertz CT molecular complexity index is 260. The maximum absolute atomic E-state index is 11.6. The Morgan fingerprint density at radius 1 is 1.33 bits per heavy atom. The van der Waals surface area contributed by atoms with E-state index in [9.17, 15) is 9.59 Å². The molecule has 0 aromatic carbocycles. The van der Waals surface area contributed by atoms with Gasteiger partial charge < -0.3 is 25.2 Å². The number of carboxylic acids is 1. The number of hydrogen-bond donors (Lipinski definition) is 3. The van der Waals surface area contributed by atoms with Crippen molar-refractivity contribution in [2.45, 2.75) is 25.4 Å². The van der Waals surface area contributed by atoms with E-state index in [4.69, 9.17) is 14.9 Å². The van der Waals surface area contributed by atoms with Gasteiger partial charge in [-0.15, -0.1) is 0 Å². The Morgan fingerprint density at radius 3 is 2.50 bits per heavy atom. The number of aliphatic carboxylic acids is 1. The van der Waals surface area contributed by atoms with E-state index >= 15 is 0 Å². The van der Waals surface area contributed by atoms with Crippen LogP contribution in [-0.4, -0.2) is 67.1 Å². The summed E-state index contributed by atoms with van der Waals surface area (Å²) < 4.78 is 4.69. The minimum Gasteiger partial charge on any atom is -0.479 e. The lowest BCUT2D eigenvalue weighted by molar-refractivity contribution is -0.148. The first kappa shape index (κ1) is 16.7. The van der Waals surface area contributed by atoms with Crippen LogP contribution >= 0.6 is 0 Å². The lowest BCUT2D eigenvalue weighted by Gasteiger charge is -2.19. The van der Waals surface area contributed by atoms with Crippen LogP contribution in [0.15, 0.2) is 0 Å². The molecule has 18 heavy (non-hydrogen) atoms. The van der Waals surface area contributed by atoms with E-state index in [1.54, 1.807) is 7.05 Å². The van der Waals surface area contributed by atoms with Gasteiger partial charge in [-0.25, -0.2) is 9.59 Å². The maximum atomic E-state index is 11.6. The summed E-state index contributed by atoms with van der Waals surface area (Å²) in [5, 5.41) is 19.8. The normalized spacial score (nSPS) is 11.9. The number of amides is 2. The highest BCUT2D eigenvalue weighted by Gasteiger charge is 2.18. The van der Waals surface area contributed by atoms with E-state index < -0.39 is 12.1 Å². The van der Waals surface area contributed by atoms with Gasteiger partial charge in [0.25, 0.3) is 0 Å². The molecule has 3 N–H and O–H groups in total. The molecule has 7 nitrogen and oxygen atoms in total. The highest BCUT2D eigenvalue weighted by Crippen LogP contribution is 1.97. The summed E-state index contributed by atoms with van der Waals surface area (Å²) in [5.74, 6) is -1.11. The molecule has 7 heteroatoms. The fourth-order valence-electron chi connectivity index (χ4n) is 1.33. The third-order valence-corrected chi connectivity index (χ3v) is 2.50. The largest absolute Gasteiger partial charge is 0.479 e. The molecule has 0 aliphatic carbocycles. The van der Waals surface area contributed by atoms with Crippen molar-refractivity contribution in [2.24, 2.45) is 0 Å². The number of ether oxygens (including phenoxy) is 1. The molecule has 2 amide bonds. The standard InChI is InChI=1S/C11H22N2O5/c1-13(6-4-3-5-7-14)11(17)12-8-9(18-2)10(15)16/h9,14H,3-8H2,1-2H3,(H,12,17)(H,15,16). The van der Waals surface area contributed by atoms with Crippen LogP contribution in [0, 0.1) is 0 Å². The number of nitrogens with zero attached hydrogens (tertiary/aromatic N) is 1. The van der Waals surface area contributed by atoms with E-state index in [0.717, 1.165) is 19.3 Å². The second-order valence-electron chi connectivity index (χ2n) is 3.95. The van der Waals surface area contributed by atoms with E-state index in [2.05, 4.69) is 5.32 Å². The predicted octanol–water partition coefficient (Wildman–Crippen LogP) is -0.110. The second kappa shape index (κ2) is 9.67. The number of aliphatic hydroxyl groups is 1. The Morgan fingerprint density at radius 2 is 2.00 bits per heavy atom. The molecule has 0 radical (unpaired) electrons. The molecule has 0 fully saturated rings. The van der Waals surface area contributed by atoms with Gasteiger partial charge in [-0.3, -0.25) is 0 Å². The van der Waals surface area contributed by atoms with Gasteiger partial charge in [0.05, 0.1) is 6.54 Å². The van der Waals surface area contributed by atoms with Crippen molar-refractivity contribution in [1.82, 2.24) is 10.2 Å². The minimum atomic E-state index is -1.11. The number of carbonyl (C=O) groups excluding carboxylic acids is 1. The Hall–Kier alpha value is -1.34. The van der Waals surface area contributed by atoms with E-state index in [1.165, 1.54) is 12.0 Å². The molecule has 0 aromatic rings. The summed E-state index contributed by atoms with van der Waals surface area (Å²) >= 11 is 0. The molecule has 0 bridgehead atoms. The molecule has 0 aliphatic rings. The number of carboxylic acid groups (broad SMARTS) is 1. The molecular formula is C11H22N2O5. The zero-order chi connectivity index (χ0) is 14.0. The van der Waals surface area contributed by atoms with E-state index in [1.807, 2.05) is 0 Å². The summed E-state index contributed by atoms with van der Waals surface area (Å²) in [6.45, 7) is 0.659. The number of hydrogen-bond acceptors (Lipinski definition) is 4. The number of unbranched alkanes of at least 4 members (excludes halogenated alkanes) is 2. The van der Waals surface area contributed by atoms with Crippen molar-refractivity contribution in [1.29, 1.82) is 0 Å². The summed E-state index contributed by atoms with van der Waals surface area (Å²) in [7, 11) is 2.92. The fourth-order valence-corrected chi connectivity index (χ4v) is 1.33. The smallest absolute Gasteiger partial charge is 0.334 e. The fraction of sp³-hybridized carbons (Fsp3) is 0.818. The first-order chi connectivity index (χ1) is 8.52. The Labute approximate surface area is 107 Å². The Balaban J connectivity index is 3.83. The molecular weight excluding hydrogens is 240 g/mol. The van der Waals surface area contributed by atoms with Crippen molar-refractivity contribution >= 4 is 12.0 Å². The molecule has 1 unspecified atom stereocenters. The van der Waals surface area contributed by atoms with Crippen LogP contribution in [0.2, 0.25) is 0 Å². The van der Waals surface area contributed by atoms with Crippen LogP contribution in [0.3, 0.4) is 0 Å². The average Bonchev–Trinajstić information content (AvgIpc) is 2.34. The highest BCUT2D eigenvalue weighted by molar-refractivity contribution is 5.76. The zero-order valence-corrected chi connectivity index (χ0v) is 10.9. The van der Waals surface area contributed by atoms with Crippen molar-refractivity contribution in [3.63, 3.8) is 0 Å². The van der Waals surface area contributed by atoms with Crippen LogP contribution < -0.4 is 5.32 Å². The minimum absolute atomic E-state index is 0.0638. The number of carbonyl (C=O) groups is 2. The summed E-state index contributed by atoms with van der Waals surface area (Å²) in [6.07, 6.45) is 1.35. The number of rotatable bonds is 9. The van der Waals surface area contributed by atoms with Gasteiger partial charge in [0, 0.05) is 27.3 Å². The maximum Gasteiger partial charge on any atom is 0.334 e. The van der Waals surface area contributed by atoms with Gasteiger partial charge in [-0.2, -0.15) is 0 Å². The number of aliphatic hydroxyl groups excluding tert-OH is 1. The molecule has 0 saturated carbocycles. The summed E-state index contributed by atoms with van der Waals surface area (Å²) in [4.78, 5) is 23.7. The number of nitrogens with one attached hydrogen (secondary N) is 1. The van der Waals surface area contributed by atoms with Crippen molar-refractivity contribution in [3.8, 4) is 0 Å². The van der Waals surface area contributed by atoms with Crippen LogP contribution in [0.5, 0.6) is 0 Å². The molecule has 0 aliphatic heterocycles. The van der Waals surface area contributed by atoms with Gasteiger partial charge in [0.1, 0.15) is 0 Å². The number of urea groups is 1. The zero-order valence-electron chi connectivity index (χ0n) is 10.9. The number of methoxy groups -OCH3 is 1. The predicted molar refractivity (Wildman–Crippen MR) is 65.4 cm³/mol. The summed E-state index contributed by atoms with van der Waals surface area (Å²) in [6, 6.07) is -0.331. The van der Waals surface area contributed by atoms with Crippen LogP contribution in [-0.2, 0) is 9.53 Å². The van der Waals surface area contributed by atoms with Gasteiger partial charge in [-0.05, 0) is 19.3 Å². The monoisotopic (exact) mass is 262 g/mol. The lowest BCUT2D eigenvalue weighted by Crippen LogP contribution is -2.43. The molecule has 1 atom stereocenters. The third-order valence-electron chi connectivity index (χ3n) is 2.50. The first-order valence-electron chi connectivity index (χ1n) is 5.88. The van der Waals surface area contributed by atoms with Crippen molar-refractivity contribution < 1.29 is 24.5 Å². The molecule has 0 aromatic heterocycles. The molecule has 0 saturated heterocycles. The van der Waals surface area contributed by atoms with Gasteiger partial charge in [0.2, 0.25) is 0 Å². The van der Waals surface area contributed by atoms with Crippen LogP contribution in [0.25, 0.3) is 0 Å². The second-order valence-corrected chi connectivity index (χ2v) is 3.95. The first-order valence-corrected chi connectivity index (χ1v) is 5.88. The van der Waals surface area contributed by atoms with Crippen LogP contribution in [0.1, 0.15) is 19.3 Å². The summed E-state index contributed by atoms with van der Waals surface area (Å²) in [5.41, 5.74) is 0. The lowest BCUT2D eigenvalue weighted by atomic mass is 10.2. The molecule has 0 heterocycles. The van der Waals surface area contributed by atoms with Gasteiger partial charge in [0.15, 0.2) is 6.10 Å². The molecule has 106 valence electrons. The topological polar surface area (TPSA) is 99.1 Å². The van der Waals surface area contributed by atoms with E-state index in [0.29, 0.717) is 6.54 Å². The average molecular weight is 262 g/mol. The van der Waals surface area contributed by atoms with Crippen molar-refractivity contribution in [2.75, 3.05) is 33.9 Å². The highest BCUT2D eigenvalue weighted by atomic mass is 16.5.